The van der Waals surface area contributed by atoms with Crippen molar-refractivity contribution in [3.8, 4) is 0 Å². The molecule has 10 heteroatoms. The predicted octanol–water partition coefficient (Wildman–Crippen LogP) is 0.674. The first-order chi connectivity index (χ1) is 14.4. The van der Waals surface area contributed by atoms with Crippen LogP contribution in [0.25, 0.3) is 10.2 Å². The Bertz CT molecular complexity index is 1220. The topological polar surface area (TPSA) is 103 Å². The van der Waals surface area contributed by atoms with Crippen molar-refractivity contribution in [1.29, 1.82) is 0 Å². The molecule has 4 heterocycles. The molecule has 0 bridgehead atoms. The molecule has 2 N–H and O–H groups in total. The molecule has 4 rings (SSSR count). The fourth-order valence-electron chi connectivity index (χ4n) is 3.73. The number of aromatic amines is 1. The first-order valence-electron chi connectivity index (χ1n) is 9.76. The van der Waals surface area contributed by atoms with E-state index in [-0.39, 0.29) is 11.5 Å². The summed E-state index contributed by atoms with van der Waals surface area (Å²) in [6, 6.07) is 5.62. The third-order valence-electron chi connectivity index (χ3n) is 5.44. The van der Waals surface area contributed by atoms with Crippen molar-refractivity contribution in [1.82, 2.24) is 24.8 Å². The number of fused-ring (bicyclic) bond motifs is 1. The summed E-state index contributed by atoms with van der Waals surface area (Å²) in [7, 11) is 3.08. The second-order valence-corrected chi connectivity index (χ2v) is 8.53. The number of thiophene rings is 1. The Morgan fingerprint density at radius 2 is 1.97 bits per heavy atom. The normalized spacial score (nSPS) is 15.0. The fraction of sp³-hybridized carbons (Fsp3) is 0.400. The molecule has 0 radical (unpaired) electrons. The molecule has 30 heavy (non-hydrogen) atoms. The van der Waals surface area contributed by atoms with Gasteiger partial charge in [-0.25, -0.2) is 9.78 Å². The van der Waals surface area contributed by atoms with Crippen LogP contribution in [0.5, 0.6) is 0 Å². The van der Waals surface area contributed by atoms with E-state index in [4.69, 9.17) is 0 Å². The molecule has 3 aromatic rings. The van der Waals surface area contributed by atoms with Crippen molar-refractivity contribution in [2.75, 3.05) is 38.1 Å². The third-order valence-corrected chi connectivity index (χ3v) is 6.55. The van der Waals surface area contributed by atoms with Crippen molar-refractivity contribution < 1.29 is 4.79 Å². The maximum absolute atomic E-state index is 12.3. The molecule has 1 saturated heterocycles. The number of aromatic nitrogens is 3. The predicted molar refractivity (Wildman–Crippen MR) is 118 cm³/mol. The van der Waals surface area contributed by atoms with Crippen LogP contribution in [0.15, 0.2) is 27.8 Å². The molecular formula is C20H24N6O3S. The number of nitrogens with one attached hydrogen (secondary N) is 2. The number of anilines is 1. The maximum atomic E-state index is 12.3. The number of hydrogen-bond acceptors (Lipinski definition) is 7. The lowest BCUT2D eigenvalue weighted by Crippen LogP contribution is -2.46. The Labute approximate surface area is 177 Å². The number of rotatable bonds is 4. The number of H-pyrrole nitrogens is 1. The lowest BCUT2D eigenvalue weighted by Gasteiger charge is -2.36. The summed E-state index contributed by atoms with van der Waals surface area (Å²) in [4.78, 5) is 48.7. The molecule has 0 atom stereocenters. The quantitative estimate of drug-likeness (QED) is 0.633. The van der Waals surface area contributed by atoms with Gasteiger partial charge in [-0.15, -0.1) is 11.3 Å². The zero-order chi connectivity index (χ0) is 21.4. The van der Waals surface area contributed by atoms with Crippen LogP contribution in [0.4, 0.5) is 5.69 Å². The van der Waals surface area contributed by atoms with Gasteiger partial charge in [0.15, 0.2) is 0 Å². The first kappa shape index (κ1) is 20.3. The molecule has 0 aromatic carbocycles. The molecular weight excluding hydrogens is 404 g/mol. The standard InChI is InChI=1S/C20H24N6O3S/c1-12-16(5-4-14(22-12)18(27)21-2)26-8-6-25(7-9-26)11-13-10-15-17(30-13)19(28)24(3)20(29)23-15/h4-5,10H,6-9,11H2,1-3H3,(H,21,27)(H,23,29). The highest BCUT2D eigenvalue weighted by Crippen LogP contribution is 2.24. The van der Waals surface area contributed by atoms with Crippen LogP contribution in [-0.4, -0.2) is 58.6 Å². The van der Waals surface area contributed by atoms with Crippen LogP contribution in [0.1, 0.15) is 21.1 Å². The van der Waals surface area contributed by atoms with E-state index >= 15 is 0 Å². The van der Waals surface area contributed by atoms with Crippen molar-refractivity contribution in [2.45, 2.75) is 13.5 Å². The molecule has 1 aliphatic heterocycles. The molecule has 0 unspecified atom stereocenters. The van der Waals surface area contributed by atoms with E-state index in [1.54, 1.807) is 13.1 Å². The summed E-state index contributed by atoms with van der Waals surface area (Å²) in [5, 5.41) is 2.59. The minimum absolute atomic E-state index is 0.186. The second kappa shape index (κ2) is 8.04. The Morgan fingerprint density at radius 3 is 2.63 bits per heavy atom. The third kappa shape index (κ3) is 3.75. The maximum Gasteiger partial charge on any atom is 0.328 e. The van der Waals surface area contributed by atoms with E-state index in [1.807, 2.05) is 19.1 Å². The SMILES string of the molecule is CNC(=O)c1ccc(N2CCN(Cc3cc4[nH]c(=O)n(C)c(=O)c4s3)CC2)c(C)n1. The van der Waals surface area contributed by atoms with Crippen LogP contribution in [0, 0.1) is 6.92 Å². The van der Waals surface area contributed by atoms with Gasteiger partial charge in [0.05, 0.1) is 16.9 Å². The van der Waals surface area contributed by atoms with E-state index in [2.05, 4.69) is 25.1 Å². The Hall–Kier alpha value is -2.98. The lowest BCUT2D eigenvalue weighted by molar-refractivity contribution is 0.0958. The van der Waals surface area contributed by atoms with Gasteiger partial charge in [-0.05, 0) is 25.1 Å². The van der Waals surface area contributed by atoms with Gasteiger partial charge in [0, 0.05) is 51.7 Å². The molecule has 0 spiro atoms. The first-order valence-corrected chi connectivity index (χ1v) is 10.6. The van der Waals surface area contributed by atoms with Gasteiger partial charge in [0.2, 0.25) is 0 Å². The molecule has 9 nitrogen and oxygen atoms in total. The highest BCUT2D eigenvalue weighted by atomic mass is 32.1. The highest BCUT2D eigenvalue weighted by Gasteiger charge is 2.21. The highest BCUT2D eigenvalue weighted by molar-refractivity contribution is 7.18. The summed E-state index contributed by atoms with van der Waals surface area (Å²) in [5.74, 6) is -0.186. The van der Waals surface area contributed by atoms with Gasteiger partial charge < -0.3 is 15.2 Å². The van der Waals surface area contributed by atoms with Crippen LogP contribution in [-0.2, 0) is 13.6 Å². The minimum Gasteiger partial charge on any atom is -0.368 e. The Kier molecular flexibility index (Phi) is 5.44. The molecule has 1 aliphatic rings. The number of aryl methyl sites for hydroxylation is 1. The second-order valence-electron chi connectivity index (χ2n) is 7.39. The number of pyridine rings is 1. The molecule has 1 amide bonds. The number of carbonyl (C=O) groups excluding carboxylic acids is 1. The van der Waals surface area contributed by atoms with E-state index < -0.39 is 5.69 Å². The van der Waals surface area contributed by atoms with Crippen LogP contribution < -0.4 is 21.5 Å². The lowest BCUT2D eigenvalue weighted by atomic mass is 10.2. The van der Waals surface area contributed by atoms with E-state index in [0.717, 1.165) is 53.5 Å². The van der Waals surface area contributed by atoms with Gasteiger partial charge >= 0.3 is 5.69 Å². The molecule has 158 valence electrons. The molecule has 1 fully saturated rings. The summed E-state index contributed by atoms with van der Waals surface area (Å²) >= 11 is 1.44. The smallest absolute Gasteiger partial charge is 0.328 e. The summed E-state index contributed by atoms with van der Waals surface area (Å²) in [5.41, 5.74) is 2.28. The van der Waals surface area contributed by atoms with Gasteiger partial charge in [-0.3, -0.25) is 19.1 Å². The number of amides is 1. The minimum atomic E-state index is -0.392. The zero-order valence-corrected chi connectivity index (χ0v) is 18.0. The van der Waals surface area contributed by atoms with Crippen LogP contribution >= 0.6 is 11.3 Å². The molecule has 3 aromatic heterocycles. The fourth-order valence-corrected chi connectivity index (χ4v) is 4.86. The molecule has 0 saturated carbocycles. The monoisotopic (exact) mass is 428 g/mol. The van der Waals surface area contributed by atoms with Crippen LogP contribution in [0.2, 0.25) is 0 Å². The van der Waals surface area contributed by atoms with Crippen molar-refractivity contribution in [2.24, 2.45) is 7.05 Å². The van der Waals surface area contributed by atoms with Gasteiger partial charge in [0.1, 0.15) is 10.4 Å². The van der Waals surface area contributed by atoms with Gasteiger partial charge in [-0.1, -0.05) is 0 Å². The summed E-state index contributed by atoms with van der Waals surface area (Å²) in [6.07, 6.45) is 0. The van der Waals surface area contributed by atoms with E-state index in [0.29, 0.717) is 15.9 Å². The van der Waals surface area contributed by atoms with E-state index in [9.17, 15) is 14.4 Å². The van der Waals surface area contributed by atoms with Gasteiger partial charge in [-0.2, -0.15) is 0 Å². The average Bonchev–Trinajstić information content (AvgIpc) is 3.14. The Morgan fingerprint density at radius 1 is 1.23 bits per heavy atom. The number of hydrogen-bond donors (Lipinski definition) is 2. The van der Waals surface area contributed by atoms with Crippen molar-refractivity contribution in [3.05, 3.63) is 55.3 Å². The number of carbonyl (C=O) groups is 1. The summed E-state index contributed by atoms with van der Waals surface area (Å²) in [6.45, 7) is 6.12. The number of piperazine rings is 1. The average molecular weight is 429 g/mol. The summed E-state index contributed by atoms with van der Waals surface area (Å²) < 4.78 is 1.69. The Balaban J connectivity index is 1.43. The van der Waals surface area contributed by atoms with Crippen molar-refractivity contribution >= 4 is 33.1 Å². The van der Waals surface area contributed by atoms with Crippen molar-refractivity contribution in [3.63, 3.8) is 0 Å². The largest absolute Gasteiger partial charge is 0.368 e. The zero-order valence-electron chi connectivity index (χ0n) is 17.2. The molecule has 0 aliphatic carbocycles. The number of nitrogens with zero attached hydrogens (tertiary/aromatic N) is 4. The van der Waals surface area contributed by atoms with Gasteiger partial charge in [0.25, 0.3) is 11.5 Å². The van der Waals surface area contributed by atoms with Crippen LogP contribution in [0.3, 0.4) is 0 Å². The van der Waals surface area contributed by atoms with E-state index in [1.165, 1.54) is 18.4 Å².